The summed E-state index contributed by atoms with van der Waals surface area (Å²) < 4.78 is 0. The number of carbonyl (C=O) groups excluding carboxylic acids is 2. The molecule has 1 amide bonds. The first-order chi connectivity index (χ1) is 13.8. The van der Waals surface area contributed by atoms with Gasteiger partial charge in [-0.05, 0) is 46.5 Å². The first kappa shape index (κ1) is 20.8. The highest BCUT2D eigenvalue weighted by Gasteiger charge is 2.45. The lowest BCUT2D eigenvalue weighted by Gasteiger charge is -2.26. The molecule has 0 bridgehead atoms. The Morgan fingerprint density at radius 3 is 2.07 bits per heavy atom. The number of aliphatic hydroxyl groups excluding tert-OH is 1. The standard InChI is InChI=1S/C24H28N2O3/c1-16-6-10-18(11-7-16)21-20(22(27)19-12-8-17(2)9-13-19)23(28)24(29)26(21)15-5-14-25(3)4/h6-13,21,27H,5,14-15H2,1-4H3/b22-20+. The zero-order valence-electron chi connectivity index (χ0n) is 17.5. The number of amides is 1. The number of aryl methyl sites for hydroxylation is 2. The third-order valence-electron chi connectivity index (χ3n) is 5.26. The fourth-order valence-corrected chi connectivity index (χ4v) is 3.63. The molecule has 1 N–H and O–H groups in total. The van der Waals surface area contributed by atoms with Gasteiger partial charge in [0.25, 0.3) is 11.7 Å². The van der Waals surface area contributed by atoms with Crippen LogP contribution < -0.4 is 0 Å². The number of rotatable bonds is 6. The minimum atomic E-state index is -0.626. The van der Waals surface area contributed by atoms with Crippen LogP contribution in [0.25, 0.3) is 5.76 Å². The van der Waals surface area contributed by atoms with Crippen molar-refractivity contribution in [3.05, 3.63) is 76.4 Å². The summed E-state index contributed by atoms with van der Waals surface area (Å²) in [6.45, 7) is 5.21. The highest BCUT2D eigenvalue weighted by Crippen LogP contribution is 2.39. The topological polar surface area (TPSA) is 60.9 Å². The van der Waals surface area contributed by atoms with Crippen LogP contribution in [0.5, 0.6) is 0 Å². The van der Waals surface area contributed by atoms with Gasteiger partial charge >= 0.3 is 0 Å². The maximum atomic E-state index is 12.9. The Bertz CT molecular complexity index is 928. The lowest BCUT2D eigenvalue weighted by molar-refractivity contribution is -0.139. The second-order valence-corrected chi connectivity index (χ2v) is 7.93. The van der Waals surface area contributed by atoms with E-state index in [4.69, 9.17) is 0 Å². The van der Waals surface area contributed by atoms with Crippen molar-refractivity contribution in [2.75, 3.05) is 27.2 Å². The molecule has 1 aliphatic rings. The van der Waals surface area contributed by atoms with Crippen molar-refractivity contribution in [3.8, 4) is 0 Å². The van der Waals surface area contributed by atoms with Crippen molar-refractivity contribution < 1.29 is 14.7 Å². The van der Waals surface area contributed by atoms with E-state index in [1.807, 2.05) is 69.2 Å². The minimum Gasteiger partial charge on any atom is -0.507 e. The molecule has 2 aromatic carbocycles. The number of hydrogen-bond donors (Lipinski definition) is 1. The van der Waals surface area contributed by atoms with Gasteiger partial charge in [0.15, 0.2) is 0 Å². The molecule has 1 saturated heterocycles. The number of likely N-dealkylation sites (tertiary alicyclic amines) is 1. The van der Waals surface area contributed by atoms with E-state index in [0.29, 0.717) is 12.1 Å². The second kappa shape index (κ2) is 8.62. The largest absolute Gasteiger partial charge is 0.507 e. The summed E-state index contributed by atoms with van der Waals surface area (Å²) in [6, 6.07) is 14.5. The van der Waals surface area contributed by atoms with Gasteiger partial charge in [-0.25, -0.2) is 0 Å². The molecular formula is C24H28N2O3. The molecule has 1 heterocycles. The Balaban J connectivity index is 2.07. The first-order valence-electron chi connectivity index (χ1n) is 9.86. The Morgan fingerprint density at radius 2 is 1.52 bits per heavy atom. The molecule has 0 saturated carbocycles. The molecule has 1 unspecified atom stereocenters. The van der Waals surface area contributed by atoms with Gasteiger partial charge in [-0.1, -0.05) is 59.7 Å². The monoisotopic (exact) mass is 392 g/mol. The quantitative estimate of drug-likeness (QED) is 0.463. The van der Waals surface area contributed by atoms with Crippen molar-refractivity contribution in [2.45, 2.75) is 26.3 Å². The van der Waals surface area contributed by atoms with Crippen LogP contribution in [0.15, 0.2) is 54.1 Å². The van der Waals surface area contributed by atoms with Gasteiger partial charge in [-0.3, -0.25) is 9.59 Å². The van der Waals surface area contributed by atoms with Crippen LogP contribution in [0.2, 0.25) is 0 Å². The fourth-order valence-electron chi connectivity index (χ4n) is 3.63. The van der Waals surface area contributed by atoms with Gasteiger partial charge < -0.3 is 14.9 Å². The molecule has 29 heavy (non-hydrogen) atoms. The lowest BCUT2D eigenvalue weighted by atomic mass is 9.94. The molecule has 0 radical (unpaired) electrons. The third-order valence-corrected chi connectivity index (χ3v) is 5.26. The summed E-state index contributed by atoms with van der Waals surface area (Å²) in [5.41, 5.74) is 3.68. The molecular weight excluding hydrogens is 364 g/mol. The first-order valence-corrected chi connectivity index (χ1v) is 9.86. The number of carbonyl (C=O) groups is 2. The van der Waals surface area contributed by atoms with E-state index >= 15 is 0 Å². The van der Waals surface area contributed by atoms with E-state index in [0.717, 1.165) is 29.7 Å². The molecule has 1 fully saturated rings. The molecule has 1 aliphatic heterocycles. The normalized spacial score (nSPS) is 18.7. The van der Waals surface area contributed by atoms with E-state index in [1.54, 1.807) is 17.0 Å². The molecule has 152 valence electrons. The number of hydrogen-bond acceptors (Lipinski definition) is 4. The van der Waals surface area contributed by atoms with E-state index in [1.165, 1.54) is 0 Å². The maximum Gasteiger partial charge on any atom is 0.295 e. The van der Waals surface area contributed by atoms with Crippen molar-refractivity contribution in [1.82, 2.24) is 9.80 Å². The van der Waals surface area contributed by atoms with Crippen LogP contribution >= 0.6 is 0 Å². The van der Waals surface area contributed by atoms with Crippen LogP contribution in [-0.4, -0.2) is 53.8 Å². The number of Topliss-reactive ketones (excluding diaryl/α,β-unsaturated/α-hetero) is 1. The van der Waals surface area contributed by atoms with Gasteiger partial charge in [0.1, 0.15) is 5.76 Å². The summed E-state index contributed by atoms with van der Waals surface area (Å²) >= 11 is 0. The number of aliphatic hydroxyl groups is 1. The molecule has 3 rings (SSSR count). The number of benzene rings is 2. The smallest absolute Gasteiger partial charge is 0.295 e. The Labute approximate surface area is 172 Å². The molecule has 0 spiro atoms. The third kappa shape index (κ3) is 4.40. The van der Waals surface area contributed by atoms with E-state index in [9.17, 15) is 14.7 Å². The van der Waals surface area contributed by atoms with Gasteiger partial charge in [0, 0.05) is 12.1 Å². The van der Waals surface area contributed by atoms with Crippen molar-refractivity contribution in [1.29, 1.82) is 0 Å². The average molecular weight is 392 g/mol. The molecule has 2 aromatic rings. The minimum absolute atomic E-state index is 0.121. The molecule has 5 nitrogen and oxygen atoms in total. The zero-order valence-corrected chi connectivity index (χ0v) is 17.5. The van der Waals surface area contributed by atoms with Crippen LogP contribution in [0, 0.1) is 13.8 Å². The SMILES string of the molecule is Cc1ccc(/C(O)=C2\C(=O)C(=O)N(CCCN(C)C)C2c2ccc(C)cc2)cc1. The lowest BCUT2D eigenvalue weighted by Crippen LogP contribution is -2.32. The van der Waals surface area contributed by atoms with Gasteiger partial charge in [-0.15, -0.1) is 0 Å². The van der Waals surface area contributed by atoms with Crippen LogP contribution in [0.3, 0.4) is 0 Å². The molecule has 1 atom stereocenters. The maximum absolute atomic E-state index is 12.9. The zero-order chi connectivity index (χ0) is 21.1. The van der Waals surface area contributed by atoms with Crippen molar-refractivity contribution in [3.63, 3.8) is 0 Å². The number of ketones is 1. The summed E-state index contributed by atoms with van der Waals surface area (Å²) in [4.78, 5) is 29.4. The van der Waals surface area contributed by atoms with Crippen LogP contribution in [-0.2, 0) is 9.59 Å². The summed E-state index contributed by atoms with van der Waals surface area (Å²) in [6.07, 6.45) is 0.743. The predicted molar refractivity (Wildman–Crippen MR) is 115 cm³/mol. The highest BCUT2D eigenvalue weighted by molar-refractivity contribution is 6.46. The predicted octanol–water partition coefficient (Wildman–Crippen LogP) is 3.68. The molecule has 5 heteroatoms. The van der Waals surface area contributed by atoms with Crippen LogP contribution in [0.1, 0.15) is 34.7 Å². The average Bonchev–Trinajstić information content (AvgIpc) is 2.93. The number of nitrogens with zero attached hydrogens (tertiary/aromatic N) is 2. The van der Waals surface area contributed by atoms with E-state index in [2.05, 4.69) is 0 Å². The van der Waals surface area contributed by atoms with Crippen molar-refractivity contribution >= 4 is 17.4 Å². The Morgan fingerprint density at radius 1 is 0.966 bits per heavy atom. The Hall–Kier alpha value is -2.92. The van der Waals surface area contributed by atoms with Gasteiger partial charge in [0.2, 0.25) is 0 Å². The van der Waals surface area contributed by atoms with E-state index < -0.39 is 17.7 Å². The summed E-state index contributed by atoms with van der Waals surface area (Å²) in [7, 11) is 3.95. The Kier molecular flexibility index (Phi) is 6.18. The van der Waals surface area contributed by atoms with Gasteiger partial charge in [-0.2, -0.15) is 0 Å². The summed E-state index contributed by atoms with van der Waals surface area (Å²) in [5, 5.41) is 11.0. The fraction of sp³-hybridized carbons (Fsp3) is 0.333. The van der Waals surface area contributed by atoms with E-state index in [-0.39, 0.29) is 11.3 Å². The van der Waals surface area contributed by atoms with Gasteiger partial charge in [0.05, 0.1) is 11.6 Å². The molecule has 0 aliphatic carbocycles. The highest BCUT2D eigenvalue weighted by atomic mass is 16.3. The van der Waals surface area contributed by atoms with Crippen LogP contribution in [0.4, 0.5) is 0 Å². The summed E-state index contributed by atoms with van der Waals surface area (Å²) in [5.74, 6) is -1.30. The second-order valence-electron chi connectivity index (χ2n) is 7.93. The van der Waals surface area contributed by atoms with Crippen molar-refractivity contribution in [2.24, 2.45) is 0 Å². The molecule has 0 aromatic heterocycles.